The zero-order valence-electron chi connectivity index (χ0n) is 12.2. The second-order valence-corrected chi connectivity index (χ2v) is 5.23. The van der Waals surface area contributed by atoms with Crippen molar-refractivity contribution in [1.82, 2.24) is 14.9 Å². The van der Waals surface area contributed by atoms with Gasteiger partial charge in [-0.3, -0.25) is 4.79 Å². The van der Waals surface area contributed by atoms with Crippen LogP contribution in [0.4, 0.5) is 0 Å². The summed E-state index contributed by atoms with van der Waals surface area (Å²) < 4.78 is 1.80. The lowest BCUT2D eigenvalue weighted by atomic mass is 10.0. The number of rotatable bonds is 5. The standard InChI is InChI=1S/C16H21N3O/c1-12-6-4-5-7-15(12)10-13(2)18-16(20)14(3)19-9-8-17-11-19/h4-9,11,13-14H,10H2,1-3H3,(H,18,20)/t13-,14-/m1/s1. The molecule has 1 heterocycles. The molecule has 4 nitrogen and oxygen atoms in total. The van der Waals surface area contributed by atoms with E-state index in [1.165, 1.54) is 11.1 Å². The van der Waals surface area contributed by atoms with Crippen molar-refractivity contribution in [2.45, 2.75) is 39.3 Å². The fourth-order valence-electron chi connectivity index (χ4n) is 2.22. The van der Waals surface area contributed by atoms with Crippen molar-refractivity contribution < 1.29 is 4.79 Å². The summed E-state index contributed by atoms with van der Waals surface area (Å²) in [6, 6.07) is 8.13. The highest BCUT2D eigenvalue weighted by atomic mass is 16.2. The molecule has 0 saturated heterocycles. The SMILES string of the molecule is Cc1ccccc1C[C@@H](C)NC(=O)[C@@H](C)n1ccnc1. The maximum Gasteiger partial charge on any atom is 0.243 e. The van der Waals surface area contributed by atoms with Gasteiger partial charge in [0.1, 0.15) is 6.04 Å². The van der Waals surface area contributed by atoms with E-state index in [0.717, 1.165) is 6.42 Å². The molecule has 0 aliphatic carbocycles. The van der Waals surface area contributed by atoms with Crippen LogP contribution in [-0.2, 0) is 11.2 Å². The molecule has 0 bridgehead atoms. The van der Waals surface area contributed by atoms with E-state index < -0.39 is 0 Å². The zero-order chi connectivity index (χ0) is 14.5. The van der Waals surface area contributed by atoms with Gasteiger partial charge < -0.3 is 9.88 Å². The molecule has 0 aliphatic rings. The Morgan fingerprint density at radius 3 is 2.75 bits per heavy atom. The van der Waals surface area contributed by atoms with E-state index in [-0.39, 0.29) is 18.0 Å². The quantitative estimate of drug-likeness (QED) is 0.908. The first-order valence-corrected chi connectivity index (χ1v) is 6.90. The Labute approximate surface area is 119 Å². The van der Waals surface area contributed by atoms with Gasteiger partial charge in [0.15, 0.2) is 0 Å². The van der Waals surface area contributed by atoms with Gasteiger partial charge in [-0.2, -0.15) is 0 Å². The number of carbonyl (C=O) groups excluding carboxylic acids is 1. The van der Waals surface area contributed by atoms with Crippen LogP contribution in [-0.4, -0.2) is 21.5 Å². The van der Waals surface area contributed by atoms with Gasteiger partial charge in [-0.15, -0.1) is 0 Å². The second kappa shape index (κ2) is 6.37. The fraction of sp³-hybridized carbons (Fsp3) is 0.375. The number of imidazole rings is 1. The lowest BCUT2D eigenvalue weighted by Crippen LogP contribution is -2.38. The smallest absolute Gasteiger partial charge is 0.243 e. The number of carbonyl (C=O) groups is 1. The predicted molar refractivity (Wildman–Crippen MR) is 79.4 cm³/mol. The highest BCUT2D eigenvalue weighted by molar-refractivity contribution is 5.80. The largest absolute Gasteiger partial charge is 0.352 e. The van der Waals surface area contributed by atoms with Gasteiger partial charge in [-0.1, -0.05) is 24.3 Å². The molecule has 0 radical (unpaired) electrons. The van der Waals surface area contributed by atoms with Crippen molar-refractivity contribution in [1.29, 1.82) is 0 Å². The number of hydrogen-bond acceptors (Lipinski definition) is 2. The van der Waals surface area contributed by atoms with Gasteiger partial charge in [0, 0.05) is 18.4 Å². The van der Waals surface area contributed by atoms with Crippen molar-refractivity contribution in [2.24, 2.45) is 0 Å². The Hall–Kier alpha value is -2.10. The number of hydrogen-bond donors (Lipinski definition) is 1. The summed E-state index contributed by atoms with van der Waals surface area (Å²) in [7, 11) is 0. The highest BCUT2D eigenvalue weighted by Gasteiger charge is 2.16. The normalized spacial score (nSPS) is 13.8. The van der Waals surface area contributed by atoms with Gasteiger partial charge in [-0.05, 0) is 38.3 Å². The predicted octanol–water partition coefficient (Wildman–Crippen LogP) is 2.50. The molecule has 4 heteroatoms. The summed E-state index contributed by atoms with van der Waals surface area (Å²) in [6.45, 7) is 6.00. The molecule has 0 fully saturated rings. The number of nitrogens with zero attached hydrogens (tertiary/aromatic N) is 2. The minimum absolute atomic E-state index is 0.0177. The molecule has 0 unspecified atom stereocenters. The second-order valence-electron chi connectivity index (χ2n) is 5.23. The Kier molecular flexibility index (Phi) is 4.56. The molecule has 0 saturated carbocycles. The van der Waals surface area contributed by atoms with E-state index in [1.807, 2.05) is 26.0 Å². The van der Waals surface area contributed by atoms with Gasteiger partial charge in [0.25, 0.3) is 0 Å². The van der Waals surface area contributed by atoms with Crippen molar-refractivity contribution in [3.63, 3.8) is 0 Å². The third-order valence-corrected chi connectivity index (χ3v) is 3.53. The van der Waals surface area contributed by atoms with Crippen molar-refractivity contribution in [3.8, 4) is 0 Å². The van der Waals surface area contributed by atoms with Gasteiger partial charge in [-0.25, -0.2) is 4.98 Å². The van der Waals surface area contributed by atoms with E-state index in [9.17, 15) is 4.79 Å². The van der Waals surface area contributed by atoms with Crippen LogP contribution >= 0.6 is 0 Å². The molecule has 20 heavy (non-hydrogen) atoms. The fourth-order valence-corrected chi connectivity index (χ4v) is 2.22. The lowest BCUT2D eigenvalue weighted by Gasteiger charge is -2.19. The number of nitrogens with one attached hydrogen (secondary N) is 1. The van der Waals surface area contributed by atoms with Crippen molar-refractivity contribution in [2.75, 3.05) is 0 Å². The van der Waals surface area contributed by atoms with Crippen LogP contribution in [0.2, 0.25) is 0 Å². The molecule has 2 rings (SSSR count). The molecule has 1 amide bonds. The Balaban J connectivity index is 1.93. The van der Waals surface area contributed by atoms with Gasteiger partial charge >= 0.3 is 0 Å². The Morgan fingerprint density at radius 1 is 1.35 bits per heavy atom. The topological polar surface area (TPSA) is 46.9 Å². The lowest BCUT2D eigenvalue weighted by molar-refractivity contribution is -0.124. The molecular weight excluding hydrogens is 250 g/mol. The van der Waals surface area contributed by atoms with E-state index in [2.05, 4.69) is 29.4 Å². The number of benzene rings is 1. The summed E-state index contributed by atoms with van der Waals surface area (Å²) in [6.07, 6.45) is 5.99. The van der Waals surface area contributed by atoms with E-state index in [1.54, 1.807) is 23.3 Å². The zero-order valence-corrected chi connectivity index (χ0v) is 12.2. The first-order valence-electron chi connectivity index (χ1n) is 6.90. The summed E-state index contributed by atoms with van der Waals surface area (Å²) in [5.41, 5.74) is 2.53. The van der Waals surface area contributed by atoms with Crippen LogP contribution in [0.15, 0.2) is 43.0 Å². The summed E-state index contributed by atoms with van der Waals surface area (Å²) in [4.78, 5) is 16.1. The maximum atomic E-state index is 12.2. The molecule has 2 atom stereocenters. The third-order valence-electron chi connectivity index (χ3n) is 3.53. The summed E-state index contributed by atoms with van der Waals surface area (Å²) in [5, 5.41) is 3.06. The molecule has 1 aromatic heterocycles. The number of aryl methyl sites for hydroxylation is 1. The molecule has 1 aromatic carbocycles. The molecule has 0 aliphatic heterocycles. The minimum atomic E-state index is -0.239. The average Bonchev–Trinajstić information content (AvgIpc) is 2.94. The van der Waals surface area contributed by atoms with Crippen LogP contribution in [0.25, 0.3) is 0 Å². The Morgan fingerprint density at radius 2 is 2.10 bits per heavy atom. The molecule has 0 spiro atoms. The summed E-state index contributed by atoms with van der Waals surface area (Å²) >= 11 is 0. The third kappa shape index (κ3) is 3.47. The molecule has 1 N–H and O–H groups in total. The molecule has 106 valence electrons. The van der Waals surface area contributed by atoms with Gasteiger partial charge in [0.2, 0.25) is 5.91 Å². The van der Waals surface area contributed by atoms with Crippen LogP contribution in [0.3, 0.4) is 0 Å². The van der Waals surface area contributed by atoms with Crippen LogP contribution < -0.4 is 5.32 Å². The first-order chi connectivity index (χ1) is 9.58. The van der Waals surface area contributed by atoms with E-state index in [0.29, 0.717) is 0 Å². The van der Waals surface area contributed by atoms with E-state index >= 15 is 0 Å². The van der Waals surface area contributed by atoms with Crippen molar-refractivity contribution >= 4 is 5.91 Å². The number of aromatic nitrogens is 2. The monoisotopic (exact) mass is 271 g/mol. The van der Waals surface area contributed by atoms with Crippen molar-refractivity contribution in [3.05, 3.63) is 54.1 Å². The maximum absolute atomic E-state index is 12.2. The van der Waals surface area contributed by atoms with Gasteiger partial charge in [0.05, 0.1) is 6.33 Å². The molecular formula is C16H21N3O. The minimum Gasteiger partial charge on any atom is -0.352 e. The summed E-state index contributed by atoms with van der Waals surface area (Å²) in [5.74, 6) is 0.0177. The van der Waals surface area contributed by atoms with Crippen LogP contribution in [0.5, 0.6) is 0 Å². The number of amides is 1. The Bertz CT molecular complexity index is 563. The van der Waals surface area contributed by atoms with Crippen LogP contribution in [0, 0.1) is 6.92 Å². The highest BCUT2D eigenvalue weighted by Crippen LogP contribution is 2.11. The van der Waals surface area contributed by atoms with E-state index in [4.69, 9.17) is 0 Å². The first kappa shape index (κ1) is 14.3. The average molecular weight is 271 g/mol. The van der Waals surface area contributed by atoms with Crippen LogP contribution in [0.1, 0.15) is 31.0 Å². The molecule has 2 aromatic rings.